The van der Waals surface area contributed by atoms with Gasteiger partial charge in [0.15, 0.2) is 5.65 Å². The lowest BCUT2D eigenvalue weighted by molar-refractivity contribution is 0.0696. The van der Waals surface area contributed by atoms with E-state index in [9.17, 15) is 14.0 Å². The van der Waals surface area contributed by atoms with Gasteiger partial charge in [-0.1, -0.05) is 6.07 Å². The molecule has 0 radical (unpaired) electrons. The number of hydrogen-bond donors (Lipinski definition) is 1. The van der Waals surface area contributed by atoms with Crippen LogP contribution in [0.5, 0.6) is 0 Å². The number of aromatic nitrogens is 4. The average Bonchev–Trinajstić information content (AvgIpc) is 2.78. The van der Waals surface area contributed by atoms with Gasteiger partial charge in [0.25, 0.3) is 0 Å². The number of hydrogen-bond acceptors (Lipinski definition) is 4. The molecule has 1 aromatic carbocycles. The van der Waals surface area contributed by atoms with Gasteiger partial charge in [0.1, 0.15) is 5.82 Å². The van der Waals surface area contributed by atoms with E-state index in [0.717, 1.165) is 10.7 Å². The van der Waals surface area contributed by atoms with Crippen LogP contribution in [0.3, 0.4) is 0 Å². The molecule has 0 unspecified atom stereocenters. The Morgan fingerprint density at radius 1 is 1.38 bits per heavy atom. The average molecular weight is 288 g/mol. The van der Waals surface area contributed by atoms with Gasteiger partial charge < -0.3 is 5.11 Å². The van der Waals surface area contributed by atoms with Gasteiger partial charge in [-0.25, -0.2) is 23.1 Å². The molecule has 1 N–H and O–H groups in total. The lowest BCUT2D eigenvalue weighted by Gasteiger charge is -2.03. The highest BCUT2D eigenvalue weighted by molar-refractivity contribution is 5.87. The van der Waals surface area contributed by atoms with Crippen molar-refractivity contribution in [2.24, 2.45) is 0 Å². The molecule has 0 fully saturated rings. The Hall–Kier alpha value is -3.03. The number of carboxylic acids is 1. The van der Waals surface area contributed by atoms with Crippen LogP contribution in [-0.4, -0.2) is 30.2 Å². The van der Waals surface area contributed by atoms with E-state index in [2.05, 4.69) is 10.1 Å². The van der Waals surface area contributed by atoms with E-state index in [0.29, 0.717) is 5.65 Å². The van der Waals surface area contributed by atoms with Crippen LogP contribution < -0.4 is 5.69 Å². The van der Waals surface area contributed by atoms with Crippen molar-refractivity contribution in [3.63, 3.8) is 0 Å². The third kappa shape index (κ3) is 2.27. The number of aromatic carboxylic acids is 1. The van der Waals surface area contributed by atoms with Gasteiger partial charge in [-0.2, -0.15) is 0 Å². The fourth-order valence-electron chi connectivity index (χ4n) is 1.95. The van der Waals surface area contributed by atoms with Crippen LogP contribution in [0.4, 0.5) is 4.39 Å². The highest BCUT2D eigenvalue weighted by atomic mass is 19.1. The molecule has 0 atom stereocenters. The fourth-order valence-corrected chi connectivity index (χ4v) is 1.95. The zero-order chi connectivity index (χ0) is 15.0. The normalized spacial score (nSPS) is 10.9. The van der Waals surface area contributed by atoms with Gasteiger partial charge in [-0.05, 0) is 12.1 Å². The summed E-state index contributed by atoms with van der Waals surface area (Å²) in [5.74, 6) is -1.91. The Bertz CT molecular complexity index is 900. The van der Waals surface area contributed by atoms with Crippen LogP contribution in [0, 0.1) is 5.82 Å². The van der Waals surface area contributed by atoms with Crippen molar-refractivity contribution in [2.75, 3.05) is 0 Å². The Morgan fingerprint density at radius 2 is 2.19 bits per heavy atom. The van der Waals surface area contributed by atoms with Crippen molar-refractivity contribution in [2.45, 2.75) is 6.54 Å². The summed E-state index contributed by atoms with van der Waals surface area (Å²) in [4.78, 5) is 26.6. The molecule has 7 nitrogen and oxygen atoms in total. The standard InChI is InChI=1S/C13H9FN4O3/c14-10-5-8(12(19)20)1-2-9(10)7-18-13(21)17-4-3-15-6-11(17)16-18/h1-6H,7H2,(H,19,20). The van der Waals surface area contributed by atoms with E-state index >= 15 is 0 Å². The van der Waals surface area contributed by atoms with E-state index in [4.69, 9.17) is 5.11 Å². The summed E-state index contributed by atoms with van der Waals surface area (Å²) in [5.41, 5.74) is -0.0413. The fraction of sp³-hybridized carbons (Fsp3) is 0.0769. The quantitative estimate of drug-likeness (QED) is 0.769. The first-order valence-electron chi connectivity index (χ1n) is 5.97. The van der Waals surface area contributed by atoms with Crippen molar-refractivity contribution >= 4 is 11.6 Å². The molecule has 0 saturated heterocycles. The molecule has 2 heterocycles. The molecule has 8 heteroatoms. The lowest BCUT2D eigenvalue weighted by Crippen LogP contribution is -2.22. The molecule has 0 saturated carbocycles. The van der Waals surface area contributed by atoms with E-state index in [1.165, 1.54) is 35.1 Å². The number of benzene rings is 1. The first kappa shape index (κ1) is 13.0. The predicted molar refractivity (Wildman–Crippen MR) is 69.7 cm³/mol. The SMILES string of the molecule is O=C(O)c1ccc(Cn2nc3cnccn3c2=O)c(F)c1. The summed E-state index contributed by atoms with van der Waals surface area (Å²) in [7, 11) is 0. The summed E-state index contributed by atoms with van der Waals surface area (Å²) in [6.45, 7) is -0.0910. The van der Waals surface area contributed by atoms with Crippen molar-refractivity contribution in [1.82, 2.24) is 19.2 Å². The maximum absolute atomic E-state index is 13.9. The van der Waals surface area contributed by atoms with E-state index in [-0.39, 0.29) is 17.7 Å². The van der Waals surface area contributed by atoms with Crippen LogP contribution in [0.25, 0.3) is 5.65 Å². The van der Waals surface area contributed by atoms with Gasteiger partial charge in [0.05, 0.1) is 18.3 Å². The number of fused-ring (bicyclic) bond motifs is 1. The van der Waals surface area contributed by atoms with Crippen LogP contribution >= 0.6 is 0 Å². The molecular weight excluding hydrogens is 279 g/mol. The second-order valence-corrected chi connectivity index (χ2v) is 4.36. The topological polar surface area (TPSA) is 89.5 Å². The van der Waals surface area contributed by atoms with Crippen LogP contribution in [0.15, 0.2) is 41.6 Å². The van der Waals surface area contributed by atoms with Gasteiger partial charge in [-0.15, -0.1) is 5.10 Å². The van der Waals surface area contributed by atoms with Crippen LogP contribution in [0.2, 0.25) is 0 Å². The summed E-state index contributed by atoms with van der Waals surface area (Å²) < 4.78 is 16.2. The zero-order valence-corrected chi connectivity index (χ0v) is 10.6. The highest BCUT2D eigenvalue weighted by Gasteiger charge is 2.12. The molecule has 21 heavy (non-hydrogen) atoms. The van der Waals surface area contributed by atoms with E-state index < -0.39 is 17.5 Å². The summed E-state index contributed by atoms with van der Waals surface area (Å²) in [6.07, 6.45) is 4.33. The minimum absolute atomic E-state index is 0.0910. The summed E-state index contributed by atoms with van der Waals surface area (Å²) in [5, 5.41) is 12.8. The molecule has 0 spiro atoms. The van der Waals surface area contributed by atoms with Crippen molar-refractivity contribution in [3.05, 3.63) is 64.2 Å². The second kappa shape index (κ2) is 4.82. The van der Waals surface area contributed by atoms with Crippen molar-refractivity contribution in [1.29, 1.82) is 0 Å². The van der Waals surface area contributed by atoms with Gasteiger partial charge in [0.2, 0.25) is 0 Å². The molecule has 3 aromatic rings. The number of rotatable bonds is 3. The third-order valence-corrected chi connectivity index (χ3v) is 3.01. The van der Waals surface area contributed by atoms with Gasteiger partial charge >= 0.3 is 11.7 Å². The number of nitrogens with zero attached hydrogens (tertiary/aromatic N) is 4. The number of carbonyl (C=O) groups is 1. The smallest absolute Gasteiger partial charge is 0.350 e. The molecule has 0 amide bonds. The minimum atomic E-state index is -1.21. The number of carboxylic acid groups (broad SMARTS) is 1. The third-order valence-electron chi connectivity index (χ3n) is 3.01. The van der Waals surface area contributed by atoms with E-state index in [1.807, 2.05) is 0 Å². The Kier molecular flexibility index (Phi) is 2.98. The Morgan fingerprint density at radius 3 is 2.86 bits per heavy atom. The maximum atomic E-state index is 13.9. The molecule has 2 aromatic heterocycles. The lowest BCUT2D eigenvalue weighted by atomic mass is 10.1. The van der Waals surface area contributed by atoms with Crippen LogP contribution in [-0.2, 0) is 6.54 Å². The molecule has 0 aliphatic carbocycles. The monoisotopic (exact) mass is 288 g/mol. The molecule has 0 aliphatic rings. The maximum Gasteiger partial charge on any atom is 0.350 e. The minimum Gasteiger partial charge on any atom is -0.478 e. The first-order chi connectivity index (χ1) is 10.1. The van der Waals surface area contributed by atoms with E-state index in [1.54, 1.807) is 0 Å². The number of halogens is 1. The Labute approximate surface area is 116 Å². The highest BCUT2D eigenvalue weighted by Crippen LogP contribution is 2.11. The first-order valence-corrected chi connectivity index (χ1v) is 5.97. The largest absolute Gasteiger partial charge is 0.478 e. The Balaban J connectivity index is 2.01. The van der Waals surface area contributed by atoms with Crippen LogP contribution in [0.1, 0.15) is 15.9 Å². The summed E-state index contributed by atoms with van der Waals surface area (Å²) in [6, 6.07) is 3.52. The second-order valence-electron chi connectivity index (χ2n) is 4.36. The van der Waals surface area contributed by atoms with Crippen molar-refractivity contribution in [3.8, 4) is 0 Å². The molecule has 106 valence electrons. The zero-order valence-electron chi connectivity index (χ0n) is 10.6. The predicted octanol–water partition coefficient (Wildman–Crippen LogP) is 0.777. The molecule has 0 bridgehead atoms. The molecule has 3 rings (SSSR count). The molecular formula is C13H9FN4O3. The van der Waals surface area contributed by atoms with Gasteiger partial charge in [-0.3, -0.25) is 4.98 Å². The van der Waals surface area contributed by atoms with Gasteiger partial charge in [0, 0.05) is 18.0 Å². The summed E-state index contributed by atoms with van der Waals surface area (Å²) >= 11 is 0. The van der Waals surface area contributed by atoms with Crippen molar-refractivity contribution < 1.29 is 14.3 Å². The molecule has 0 aliphatic heterocycles.